The van der Waals surface area contributed by atoms with E-state index in [1.807, 2.05) is 0 Å². The van der Waals surface area contributed by atoms with Crippen molar-refractivity contribution in [1.82, 2.24) is 4.57 Å². The maximum atomic E-state index is 12.0. The molecule has 1 heterocycles. The summed E-state index contributed by atoms with van der Waals surface area (Å²) in [6, 6.07) is 5.56. The van der Waals surface area contributed by atoms with Crippen molar-refractivity contribution in [3.8, 4) is 0 Å². The van der Waals surface area contributed by atoms with E-state index in [0.717, 1.165) is 4.57 Å². The van der Waals surface area contributed by atoms with E-state index < -0.39 is 27.7 Å². The molecule has 1 aliphatic rings. The third-order valence-electron chi connectivity index (χ3n) is 3.19. The zero-order chi connectivity index (χ0) is 15.0. The Labute approximate surface area is 119 Å². The number of rotatable bonds is 1. The van der Waals surface area contributed by atoms with E-state index in [4.69, 9.17) is 0 Å². The minimum atomic E-state index is -2.49. The van der Waals surface area contributed by atoms with E-state index >= 15 is 0 Å². The topological polar surface area (TPSA) is 86.3 Å². The second-order valence-electron chi connectivity index (χ2n) is 4.37. The van der Waals surface area contributed by atoms with Crippen LogP contribution in [0.25, 0.3) is 10.9 Å². The molecule has 106 valence electrons. The van der Waals surface area contributed by atoms with E-state index in [2.05, 4.69) is 4.42 Å². The van der Waals surface area contributed by atoms with Gasteiger partial charge in [0.15, 0.2) is 0 Å². The average molecular weight is 303 g/mol. The second kappa shape index (κ2) is 5.02. The molecule has 0 bridgehead atoms. The SMILES string of the molecule is O=c1oc(=O)n(C2C=CC=CC2=S(=O)=O)c2ccccc12. The van der Waals surface area contributed by atoms with Gasteiger partial charge in [-0.2, -0.15) is 8.42 Å². The van der Waals surface area contributed by atoms with Crippen LogP contribution < -0.4 is 11.4 Å². The van der Waals surface area contributed by atoms with Crippen molar-refractivity contribution in [3.05, 3.63) is 69.5 Å². The largest absolute Gasteiger partial charge is 0.423 e. The quantitative estimate of drug-likeness (QED) is 0.723. The summed E-state index contributed by atoms with van der Waals surface area (Å²) < 4.78 is 28.5. The molecule has 0 saturated heterocycles. The molecule has 0 spiro atoms. The molecule has 3 rings (SSSR count). The van der Waals surface area contributed by atoms with Gasteiger partial charge in [-0.25, -0.2) is 9.59 Å². The third kappa shape index (κ3) is 2.17. The molecule has 0 saturated carbocycles. The summed E-state index contributed by atoms with van der Waals surface area (Å²) in [5.74, 6) is -0.897. The van der Waals surface area contributed by atoms with Crippen LogP contribution in [0.5, 0.6) is 0 Å². The van der Waals surface area contributed by atoms with Gasteiger partial charge >= 0.3 is 11.4 Å². The Morgan fingerprint density at radius 3 is 2.62 bits per heavy atom. The predicted molar refractivity (Wildman–Crippen MR) is 78.0 cm³/mol. The molecule has 1 aliphatic carbocycles. The maximum absolute atomic E-state index is 12.0. The van der Waals surface area contributed by atoms with Crippen molar-refractivity contribution in [3.63, 3.8) is 0 Å². The van der Waals surface area contributed by atoms with Crippen molar-refractivity contribution in [2.75, 3.05) is 0 Å². The van der Waals surface area contributed by atoms with E-state index in [1.165, 1.54) is 12.1 Å². The van der Waals surface area contributed by atoms with Gasteiger partial charge in [0.2, 0.25) is 10.3 Å². The highest BCUT2D eigenvalue weighted by molar-refractivity contribution is 7.73. The van der Waals surface area contributed by atoms with Crippen LogP contribution in [0.3, 0.4) is 0 Å². The number of benzene rings is 1. The molecule has 1 aromatic heterocycles. The lowest BCUT2D eigenvalue weighted by Crippen LogP contribution is -2.32. The molecule has 1 aromatic carbocycles. The lowest BCUT2D eigenvalue weighted by molar-refractivity contribution is 0.421. The first-order chi connectivity index (χ1) is 10.1. The number of aromatic nitrogens is 1. The summed E-state index contributed by atoms with van der Waals surface area (Å²) >= 11 is 0. The van der Waals surface area contributed by atoms with E-state index in [-0.39, 0.29) is 10.3 Å². The van der Waals surface area contributed by atoms with Crippen molar-refractivity contribution in [2.45, 2.75) is 6.04 Å². The van der Waals surface area contributed by atoms with Crippen molar-refractivity contribution in [1.29, 1.82) is 0 Å². The van der Waals surface area contributed by atoms with Gasteiger partial charge in [-0.15, -0.1) is 0 Å². The number of nitrogens with zero attached hydrogens (tertiary/aromatic N) is 1. The normalized spacial score (nSPS) is 17.3. The highest BCUT2D eigenvalue weighted by atomic mass is 32.2. The Morgan fingerprint density at radius 1 is 1.10 bits per heavy atom. The van der Waals surface area contributed by atoms with Crippen molar-refractivity contribution < 1.29 is 12.8 Å². The Balaban J connectivity index is 2.44. The standard InChI is InChI=1S/C14H9NO5S/c16-13-9-5-1-2-6-10(9)15(14(17)20-13)11-7-3-4-8-12(11)21(18)19/h1-8,11H. The lowest BCUT2D eigenvalue weighted by Gasteiger charge is -2.17. The molecule has 7 heteroatoms. The lowest BCUT2D eigenvalue weighted by atomic mass is 10.1. The predicted octanol–water partition coefficient (Wildman–Crippen LogP) is 0.673. The first kappa shape index (κ1) is 13.3. The van der Waals surface area contributed by atoms with Crippen LogP contribution in [0.15, 0.2) is 62.6 Å². The van der Waals surface area contributed by atoms with Crippen molar-refractivity contribution >= 4 is 26.1 Å². The number of fused-ring (bicyclic) bond motifs is 1. The molecule has 21 heavy (non-hydrogen) atoms. The molecule has 1 unspecified atom stereocenters. The Morgan fingerprint density at radius 2 is 1.86 bits per heavy atom. The fraction of sp³-hybridized carbons (Fsp3) is 0.0714. The van der Waals surface area contributed by atoms with E-state index in [9.17, 15) is 18.0 Å². The summed E-state index contributed by atoms with van der Waals surface area (Å²) in [7, 11) is -2.49. The zero-order valence-electron chi connectivity index (χ0n) is 10.6. The van der Waals surface area contributed by atoms with E-state index in [0.29, 0.717) is 5.52 Å². The van der Waals surface area contributed by atoms with Gasteiger partial charge in [-0.05, 0) is 18.2 Å². The van der Waals surface area contributed by atoms with Gasteiger partial charge in [0.1, 0.15) is 0 Å². The van der Waals surface area contributed by atoms with Crippen LogP contribution in [0.2, 0.25) is 0 Å². The molecule has 6 nitrogen and oxygen atoms in total. The number of hydrogen-bond acceptors (Lipinski definition) is 5. The van der Waals surface area contributed by atoms with Gasteiger partial charge in [0, 0.05) is 0 Å². The van der Waals surface area contributed by atoms with Gasteiger partial charge in [-0.1, -0.05) is 30.4 Å². The third-order valence-corrected chi connectivity index (χ3v) is 3.95. The number of hydrogen-bond donors (Lipinski definition) is 0. The van der Waals surface area contributed by atoms with Crippen LogP contribution in [-0.4, -0.2) is 17.8 Å². The average Bonchev–Trinajstić information content (AvgIpc) is 2.47. The Bertz CT molecular complexity index is 1030. The minimum absolute atomic E-state index is 0.0265. The van der Waals surface area contributed by atoms with Gasteiger partial charge in [0.05, 0.1) is 21.8 Å². The minimum Gasteiger partial charge on any atom is -0.372 e. The summed E-state index contributed by atoms with van der Waals surface area (Å²) in [5, 5.41) is 0.219. The zero-order valence-corrected chi connectivity index (χ0v) is 11.4. The molecule has 0 fully saturated rings. The van der Waals surface area contributed by atoms with Crippen LogP contribution in [0.4, 0.5) is 0 Å². The van der Waals surface area contributed by atoms with Crippen molar-refractivity contribution in [2.24, 2.45) is 0 Å². The number of para-hydroxylation sites is 1. The van der Waals surface area contributed by atoms with Crippen LogP contribution in [0, 0.1) is 0 Å². The molecule has 0 radical (unpaired) electrons. The molecular formula is C14H9NO5S. The first-order valence-electron chi connectivity index (χ1n) is 6.05. The fourth-order valence-corrected chi connectivity index (χ4v) is 2.85. The van der Waals surface area contributed by atoms with Gasteiger partial charge in [-0.3, -0.25) is 4.57 Å². The Hall–Kier alpha value is -2.67. The summed E-state index contributed by atoms with van der Waals surface area (Å²) in [4.78, 5) is 23.8. The van der Waals surface area contributed by atoms with Gasteiger partial charge in [0.25, 0.3) is 0 Å². The maximum Gasteiger partial charge on any atom is 0.423 e. The fourth-order valence-electron chi connectivity index (χ4n) is 2.28. The molecule has 0 aliphatic heterocycles. The monoisotopic (exact) mass is 303 g/mol. The summed E-state index contributed by atoms with van der Waals surface area (Å²) in [6.07, 6.45) is 6.15. The van der Waals surface area contributed by atoms with Crippen LogP contribution in [0.1, 0.15) is 6.04 Å². The van der Waals surface area contributed by atoms with Gasteiger partial charge < -0.3 is 4.42 Å². The molecular weight excluding hydrogens is 294 g/mol. The molecule has 0 N–H and O–H groups in total. The highest BCUT2D eigenvalue weighted by Crippen LogP contribution is 2.18. The molecule has 1 atom stereocenters. The highest BCUT2D eigenvalue weighted by Gasteiger charge is 2.21. The Kier molecular flexibility index (Phi) is 3.19. The smallest absolute Gasteiger partial charge is 0.372 e. The molecule has 2 aromatic rings. The van der Waals surface area contributed by atoms with Crippen LogP contribution in [-0.2, 0) is 10.3 Å². The molecule has 0 amide bonds. The second-order valence-corrected chi connectivity index (χ2v) is 5.31. The van der Waals surface area contributed by atoms with E-state index in [1.54, 1.807) is 36.4 Å². The summed E-state index contributed by atoms with van der Waals surface area (Å²) in [5.41, 5.74) is -0.418. The van der Waals surface area contributed by atoms with Crippen LogP contribution >= 0.6 is 0 Å². The first-order valence-corrected chi connectivity index (χ1v) is 7.12. The number of allylic oxidation sites excluding steroid dienone is 4. The summed E-state index contributed by atoms with van der Waals surface area (Å²) in [6.45, 7) is 0.